The van der Waals surface area contributed by atoms with Crippen molar-refractivity contribution in [1.29, 1.82) is 0 Å². The van der Waals surface area contributed by atoms with E-state index in [9.17, 15) is 14.4 Å². The Hall–Kier alpha value is -3.20. The van der Waals surface area contributed by atoms with Crippen LogP contribution in [0.1, 0.15) is 10.4 Å². The number of benzene rings is 2. The van der Waals surface area contributed by atoms with Crippen LogP contribution in [0.2, 0.25) is 0 Å². The molecule has 3 rings (SSSR count). The molecular weight excluding hydrogens is 370 g/mol. The lowest BCUT2D eigenvalue weighted by Gasteiger charge is -2.10. The topological polar surface area (TPSA) is 113 Å². The molecular formula is C18H17N3O5S. The van der Waals surface area contributed by atoms with Crippen LogP contribution in [-0.4, -0.2) is 41.8 Å². The van der Waals surface area contributed by atoms with Crippen LogP contribution < -0.4 is 15.7 Å². The van der Waals surface area contributed by atoms with E-state index in [-0.39, 0.29) is 11.3 Å². The Morgan fingerprint density at radius 2 is 1.89 bits per heavy atom. The molecule has 1 aromatic heterocycles. The van der Waals surface area contributed by atoms with Crippen LogP contribution >= 0.6 is 11.8 Å². The summed E-state index contributed by atoms with van der Waals surface area (Å²) in [5, 5.41) is 2.61. The fourth-order valence-electron chi connectivity index (χ4n) is 2.48. The Morgan fingerprint density at radius 1 is 1.11 bits per heavy atom. The Kier molecular flexibility index (Phi) is 5.51. The number of imidazole rings is 1. The van der Waals surface area contributed by atoms with Crippen LogP contribution in [0, 0.1) is 0 Å². The first kappa shape index (κ1) is 18.6. The summed E-state index contributed by atoms with van der Waals surface area (Å²) in [7, 11) is 1.46. The number of hydrogen-bond donors (Lipinski definition) is 3. The second-order valence-corrected chi connectivity index (χ2v) is 6.41. The largest absolute Gasteiger partial charge is 0.496 e. The van der Waals surface area contributed by atoms with Crippen LogP contribution in [0.5, 0.6) is 5.75 Å². The standard InChI is InChI=1S/C18H17N3O5S/c1-25-15-8-11(27-2)4-5-12(15)17(23)26-9-16(22)19-10-3-6-13-14(7-10)21-18(24)20-13/h3-8H,9H2,1-2H3,(H,19,22)(H2,20,21,24). The van der Waals surface area contributed by atoms with Gasteiger partial charge in [-0.25, -0.2) is 9.59 Å². The van der Waals surface area contributed by atoms with Gasteiger partial charge in [0.15, 0.2) is 6.61 Å². The first-order chi connectivity index (χ1) is 13.0. The molecule has 0 aliphatic heterocycles. The number of esters is 1. The van der Waals surface area contributed by atoms with Crippen LogP contribution in [0.3, 0.4) is 0 Å². The number of carbonyl (C=O) groups excluding carboxylic acids is 2. The van der Waals surface area contributed by atoms with Crippen LogP contribution in [0.4, 0.5) is 5.69 Å². The quantitative estimate of drug-likeness (QED) is 0.442. The van der Waals surface area contributed by atoms with Gasteiger partial charge in [0.05, 0.1) is 18.1 Å². The maximum Gasteiger partial charge on any atom is 0.342 e. The number of H-pyrrole nitrogens is 2. The molecule has 0 saturated carbocycles. The van der Waals surface area contributed by atoms with Crippen LogP contribution in [0.25, 0.3) is 11.0 Å². The highest BCUT2D eigenvalue weighted by atomic mass is 32.2. The number of aromatic nitrogens is 2. The number of hydrogen-bond acceptors (Lipinski definition) is 6. The maximum atomic E-state index is 12.2. The van der Waals surface area contributed by atoms with E-state index >= 15 is 0 Å². The number of anilines is 1. The number of nitrogens with one attached hydrogen (secondary N) is 3. The Labute approximate surface area is 158 Å². The Balaban J connectivity index is 1.62. The molecule has 140 valence electrons. The molecule has 8 nitrogen and oxygen atoms in total. The highest BCUT2D eigenvalue weighted by Crippen LogP contribution is 2.26. The summed E-state index contributed by atoms with van der Waals surface area (Å²) in [6.45, 7) is -0.450. The Morgan fingerprint density at radius 3 is 2.63 bits per heavy atom. The summed E-state index contributed by atoms with van der Waals surface area (Å²) in [4.78, 5) is 41.7. The number of rotatable bonds is 6. The normalized spacial score (nSPS) is 10.6. The smallest absolute Gasteiger partial charge is 0.342 e. The van der Waals surface area contributed by atoms with E-state index in [1.807, 2.05) is 6.26 Å². The third-order valence-electron chi connectivity index (χ3n) is 3.76. The lowest BCUT2D eigenvalue weighted by molar-refractivity contribution is -0.119. The number of amides is 1. The van der Waals surface area contributed by atoms with E-state index in [2.05, 4.69) is 15.3 Å². The number of methoxy groups -OCH3 is 1. The SMILES string of the molecule is COc1cc(SC)ccc1C(=O)OCC(=O)Nc1ccc2[nH]c(=O)[nH]c2c1. The Bertz CT molecular complexity index is 1060. The summed E-state index contributed by atoms with van der Waals surface area (Å²) >= 11 is 1.52. The molecule has 0 aliphatic carbocycles. The number of thioether (sulfide) groups is 1. The average molecular weight is 387 g/mol. The summed E-state index contributed by atoms with van der Waals surface area (Å²) in [6.07, 6.45) is 1.91. The average Bonchev–Trinajstić information content (AvgIpc) is 3.04. The molecule has 2 aromatic carbocycles. The molecule has 3 N–H and O–H groups in total. The molecule has 1 amide bonds. The van der Waals surface area contributed by atoms with Crippen molar-refractivity contribution in [2.45, 2.75) is 4.90 Å². The molecule has 0 bridgehead atoms. The summed E-state index contributed by atoms with van der Waals surface area (Å²) in [5.74, 6) is -0.769. The molecule has 27 heavy (non-hydrogen) atoms. The molecule has 0 radical (unpaired) electrons. The number of carbonyl (C=O) groups is 2. The summed E-state index contributed by atoms with van der Waals surface area (Å²) < 4.78 is 10.3. The monoisotopic (exact) mass is 387 g/mol. The number of ether oxygens (including phenoxy) is 2. The van der Waals surface area contributed by atoms with Crippen molar-refractivity contribution in [3.8, 4) is 5.75 Å². The molecule has 0 aliphatic rings. The minimum atomic E-state index is -0.653. The minimum Gasteiger partial charge on any atom is -0.496 e. The highest BCUT2D eigenvalue weighted by molar-refractivity contribution is 7.98. The van der Waals surface area contributed by atoms with Gasteiger partial charge in [-0.05, 0) is 42.7 Å². The van der Waals surface area contributed by atoms with Gasteiger partial charge in [0, 0.05) is 10.6 Å². The van der Waals surface area contributed by atoms with Crippen molar-refractivity contribution in [2.24, 2.45) is 0 Å². The van der Waals surface area contributed by atoms with E-state index in [0.717, 1.165) is 4.90 Å². The van der Waals surface area contributed by atoms with E-state index in [0.29, 0.717) is 22.5 Å². The van der Waals surface area contributed by atoms with E-state index in [1.54, 1.807) is 36.4 Å². The van der Waals surface area contributed by atoms with Gasteiger partial charge < -0.3 is 24.8 Å². The zero-order chi connectivity index (χ0) is 19.4. The molecule has 0 unspecified atom stereocenters. The van der Waals surface area contributed by atoms with Crippen molar-refractivity contribution in [2.75, 3.05) is 25.3 Å². The third-order valence-corrected chi connectivity index (χ3v) is 4.49. The zero-order valence-electron chi connectivity index (χ0n) is 14.6. The lowest BCUT2D eigenvalue weighted by Crippen LogP contribution is -2.21. The van der Waals surface area contributed by atoms with Gasteiger partial charge in [-0.15, -0.1) is 11.8 Å². The van der Waals surface area contributed by atoms with Crippen LogP contribution in [-0.2, 0) is 9.53 Å². The fraction of sp³-hybridized carbons (Fsp3) is 0.167. The number of aromatic amines is 2. The van der Waals surface area contributed by atoms with Crippen LogP contribution in [0.15, 0.2) is 46.1 Å². The zero-order valence-corrected chi connectivity index (χ0v) is 15.4. The molecule has 0 spiro atoms. The highest BCUT2D eigenvalue weighted by Gasteiger charge is 2.16. The predicted octanol–water partition coefficient (Wildman–Crippen LogP) is 2.38. The van der Waals surface area contributed by atoms with Crippen molar-refractivity contribution >= 4 is 40.4 Å². The van der Waals surface area contributed by atoms with Gasteiger partial charge >= 0.3 is 11.7 Å². The predicted molar refractivity (Wildman–Crippen MR) is 103 cm³/mol. The van der Waals surface area contributed by atoms with Crippen molar-refractivity contribution in [1.82, 2.24) is 9.97 Å². The van der Waals surface area contributed by atoms with Gasteiger partial charge in [-0.3, -0.25) is 4.79 Å². The van der Waals surface area contributed by atoms with Gasteiger partial charge in [0.25, 0.3) is 5.91 Å². The van der Waals surface area contributed by atoms with E-state index < -0.39 is 18.5 Å². The van der Waals surface area contributed by atoms with Gasteiger partial charge in [-0.2, -0.15) is 0 Å². The molecule has 1 heterocycles. The van der Waals surface area contributed by atoms with Crippen molar-refractivity contribution in [3.05, 3.63) is 52.4 Å². The molecule has 3 aromatic rings. The van der Waals surface area contributed by atoms with Gasteiger partial charge in [0.1, 0.15) is 11.3 Å². The van der Waals surface area contributed by atoms with Gasteiger partial charge in [-0.1, -0.05) is 0 Å². The third kappa shape index (κ3) is 4.32. The molecule has 0 atom stereocenters. The number of fused-ring (bicyclic) bond motifs is 1. The first-order valence-corrected chi connectivity index (χ1v) is 9.13. The van der Waals surface area contributed by atoms with E-state index in [4.69, 9.17) is 9.47 Å². The lowest BCUT2D eigenvalue weighted by atomic mass is 10.2. The van der Waals surface area contributed by atoms with Crippen molar-refractivity contribution in [3.63, 3.8) is 0 Å². The maximum absolute atomic E-state index is 12.2. The summed E-state index contributed by atoms with van der Waals surface area (Å²) in [6, 6.07) is 10.0. The minimum absolute atomic E-state index is 0.245. The molecule has 0 fully saturated rings. The second kappa shape index (κ2) is 8.00. The van der Waals surface area contributed by atoms with Gasteiger partial charge in [0.2, 0.25) is 0 Å². The second-order valence-electron chi connectivity index (χ2n) is 5.53. The summed E-state index contributed by atoms with van der Waals surface area (Å²) in [5.41, 5.74) is 1.58. The molecule has 9 heteroatoms. The first-order valence-electron chi connectivity index (χ1n) is 7.91. The fourth-order valence-corrected chi connectivity index (χ4v) is 2.91. The van der Waals surface area contributed by atoms with E-state index in [1.165, 1.54) is 18.9 Å². The van der Waals surface area contributed by atoms with Crippen molar-refractivity contribution < 1.29 is 19.1 Å². The molecule has 0 saturated heterocycles.